The number of nitrogens with one attached hydrogen (secondary N) is 2. The minimum atomic E-state index is -4.66. The van der Waals surface area contributed by atoms with Crippen molar-refractivity contribution in [2.45, 2.75) is 38.3 Å². The van der Waals surface area contributed by atoms with Gasteiger partial charge in [0.05, 0.1) is 33.9 Å². The molecule has 2 aliphatic rings. The van der Waals surface area contributed by atoms with Crippen molar-refractivity contribution >= 4 is 40.7 Å². The highest BCUT2D eigenvalue weighted by atomic mass is 35.5. The van der Waals surface area contributed by atoms with Crippen molar-refractivity contribution in [1.29, 1.82) is 5.26 Å². The van der Waals surface area contributed by atoms with Crippen LogP contribution in [-0.2, 0) is 15.8 Å². The van der Waals surface area contributed by atoms with Gasteiger partial charge in [0.15, 0.2) is 5.78 Å². The second-order valence-electron chi connectivity index (χ2n) is 8.42. The Morgan fingerprint density at radius 1 is 1.22 bits per heavy atom. The fourth-order valence-corrected chi connectivity index (χ4v) is 5.46. The van der Waals surface area contributed by atoms with Gasteiger partial charge in [-0.25, -0.2) is 0 Å². The largest absolute Gasteiger partial charge is 0.416 e. The Kier molecular flexibility index (Phi) is 7.48. The van der Waals surface area contributed by atoms with Crippen LogP contribution in [0.25, 0.3) is 0 Å². The average Bonchev–Trinajstić information content (AvgIpc) is 2.84. The zero-order valence-electron chi connectivity index (χ0n) is 19.1. The van der Waals surface area contributed by atoms with Gasteiger partial charge in [-0.15, -0.1) is 0 Å². The number of halogens is 4. The SMILES string of the molecule is Cc1c(Cl)cccc1NC(=O)CSC1=C(C#N)[C@@H](c2ccccc2C(F)(F)F)C2=C(CCCC2=O)N1. The van der Waals surface area contributed by atoms with Crippen LogP contribution >= 0.6 is 23.4 Å². The summed E-state index contributed by atoms with van der Waals surface area (Å²) < 4.78 is 41.7. The highest BCUT2D eigenvalue weighted by Crippen LogP contribution is 2.47. The van der Waals surface area contributed by atoms with Gasteiger partial charge in [0.25, 0.3) is 0 Å². The molecular formula is C26H21ClF3N3O2S. The van der Waals surface area contributed by atoms with Crippen LogP contribution in [0.2, 0.25) is 5.02 Å². The van der Waals surface area contributed by atoms with Gasteiger partial charge < -0.3 is 10.6 Å². The van der Waals surface area contributed by atoms with Gasteiger partial charge >= 0.3 is 6.18 Å². The van der Waals surface area contributed by atoms with Crippen LogP contribution in [0.4, 0.5) is 18.9 Å². The molecule has 0 saturated heterocycles. The maximum atomic E-state index is 13.9. The molecule has 5 nitrogen and oxygen atoms in total. The van der Waals surface area contributed by atoms with E-state index in [1.165, 1.54) is 18.2 Å². The quantitative estimate of drug-likeness (QED) is 0.462. The Balaban J connectivity index is 1.69. The van der Waals surface area contributed by atoms with E-state index in [9.17, 15) is 28.0 Å². The highest BCUT2D eigenvalue weighted by Gasteiger charge is 2.42. The fraction of sp³-hybridized carbons (Fsp3) is 0.269. The van der Waals surface area contributed by atoms with Crippen molar-refractivity contribution in [3.05, 3.63) is 86.0 Å². The van der Waals surface area contributed by atoms with E-state index >= 15 is 0 Å². The van der Waals surface area contributed by atoms with Gasteiger partial charge in [-0.05, 0) is 49.1 Å². The maximum absolute atomic E-state index is 13.9. The number of nitriles is 1. The monoisotopic (exact) mass is 531 g/mol. The Morgan fingerprint density at radius 3 is 2.69 bits per heavy atom. The van der Waals surface area contributed by atoms with Gasteiger partial charge in [0, 0.05) is 28.4 Å². The molecule has 0 spiro atoms. The molecule has 2 aromatic rings. The molecule has 0 radical (unpaired) electrons. The van der Waals surface area contributed by atoms with E-state index in [0.29, 0.717) is 34.8 Å². The number of benzene rings is 2. The summed E-state index contributed by atoms with van der Waals surface area (Å²) >= 11 is 7.12. The van der Waals surface area contributed by atoms with E-state index in [-0.39, 0.29) is 45.6 Å². The number of Topliss-reactive ketones (excluding diaryl/α,β-unsaturated/α-hetero) is 1. The van der Waals surface area contributed by atoms with Gasteiger partial charge in [-0.2, -0.15) is 18.4 Å². The second-order valence-corrected chi connectivity index (χ2v) is 9.81. The number of rotatable bonds is 5. The topological polar surface area (TPSA) is 82.0 Å². The first-order valence-corrected chi connectivity index (χ1v) is 12.5. The van der Waals surface area contributed by atoms with Gasteiger partial charge in [0.1, 0.15) is 0 Å². The van der Waals surface area contributed by atoms with Crippen molar-refractivity contribution in [3.63, 3.8) is 0 Å². The number of dihydropyridines is 1. The molecule has 0 saturated carbocycles. The predicted octanol–water partition coefficient (Wildman–Crippen LogP) is 6.47. The summed E-state index contributed by atoms with van der Waals surface area (Å²) in [6.45, 7) is 1.76. The van der Waals surface area contributed by atoms with Crippen LogP contribution in [0.15, 0.2) is 64.3 Å². The Bertz CT molecular complexity index is 1340. The number of anilines is 1. The van der Waals surface area contributed by atoms with E-state index < -0.39 is 17.7 Å². The maximum Gasteiger partial charge on any atom is 0.416 e. The molecule has 1 aliphatic heterocycles. The number of hydrogen-bond donors (Lipinski definition) is 2. The highest BCUT2D eigenvalue weighted by molar-refractivity contribution is 8.03. The molecule has 0 bridgehead atoms. The lowest BCUT2D eigenvalue weighted by molar-refractivity contribution is -0.138. The van der Waals surface area contributed by atoms with Crippen molar-refractivity contribution in [3.8, 4) is 6.07 Å². The van der Waals surface area contributed by atoms with E-state index in [4.69, 9.17) is 11.6 Å². The van der Waals surface area contributed by atoms with Crippen LogP contribution in [0.5, 0.6) is 0 Å². The van der Waals surface area contributed by atoms with Crippen LogP contribution in [0.1, 0.15) is 41.9 Å². The molecule has 2 aromatic carbocycles. The molecule has 1 amide bonds. The minimum Gasteiger partial charge on any atom is -0.352 e. The van der Waals surface area contributed by atoms with Crippen molar-refractivity contribution in [1.82, 2.24) is 5.32 Å². The number of carbonyl (C=O) groups excluding carboxylic acids is 2. The lowest BCUT2D eigenvalue weighted by atomic mass is 9.75. The molecule has 36 heavy (non-hydrogen) atoms. The molecule has 10 heteroatoms. The first kappa shape index (κ1) is 25.9. The summed E-state index contributed by atoms with van der Waals surface area (Å²) in [4.78, 5) is 25.5. The lowest BCUT2D eigenvalue weighted by Crippen LogP contribution is -2.32. The van der Waals surface area contributed by atoms with Crippen molar-refractivity contribution in [2.24, 2.45) is 0 Å². The van der Waals surface area contributed by atoms with Gasteiger partial charge in [0.2, 0.25) is 5.91 Å². The number of nitrogens with zero attached hydrogens (tertiary/aromatic N) is 1. The molecule has 0 aromatic heterocycles. The van der Waals surface area contributed by atoms with Gasteiger partial charge in [-0.1, -0.05) is 47.6 Å². The molecule has 186 valence electrons. The number of carbonyl (C=O) groups is 2. The summed E-state index contributed by atoms with van der Waals surface area (Å²) in [5.41, 5.74) is 0.871. The third kappa shape index (κ3) is 5.15. The molecule has 2 N–H and O–H groups in total. The number of thioether (sulfide) groups is 1. The van der Waals surface area contributed by atoms with E-state index in [1.807, 2.05) is 6.07 Å². The van der Waals surface area contributed by atoms with E-state index in [0.717, 1.165) is 17.8 Å². The standard InChI is InChI=1S/C26H21ClF3N3O2S/c1-14-18(27)8-4-9-19(14)32-22(35)13-36-25-16(12-31)23(24-20(33-25)10-5-11-21(24)34)15-6-2-3-7-17(15)26(28,29)30/h2-4,6-9,23,33H,5,10-11,13H2,1H3,(H,32,35)/t23-/m1/s1. The molecule has 4 rings (SSSR count). The average molecular weight is 532 g/mol. The predicted molar refractivity (Wildman–Crippen MR) is 133 cm³/mol. The lowest BCUT2D eigenvalue weighted by Gasteiger charge is -2.34. The third-order valence-corrected chi connectivity index (χ3v) is 7.56. The summed E-state index contributed by atoms with van der Waals surface area (Å²) in [7, 11) is 0. The summed E-state index contributed by atoms with van der Waals surface area (Å²) in [5, 5.41) is 16.7. The fourth-order valence-electron chi connectivity index (χ4n) is 4.42. The number of alkyl halides is 3. The number of ketones is 1. The second kappa shape index (κ2) is 10.4. The van der Waals surface area contributed by atoms with Crippen molar-refractivity contribution < 1.29 is 22.8 Å². The van der Waals surface area contributed by atoms with Crippen molar-refractivity contribution in [2.75, 3.05) is 11.1 Å². The normalized spacial score (nSPS) is 17.9. The number of hydrogen-bond acceptors (Lipinski definition) is 5. The van der Waals surface area contributed by atoms with E-state index in [1.54, 1.807) is 25.1 Å². The van der Waals surface area contributed by atoms with Crippen LogP contribution in [0.3, 0.4) is 0 Å². The number of allylic oxidation sites excluding steroid dienone is 3. The molecule has 0 fully saturated rings. The number of amides is 1. The molecular weight excluding hydrogens is 511 g/mol. The van der Waals surface area contributed by atoms with E-state index in [2.05, 4.69) is 10.6 Å². The molecule has 1 atom stereocenters. The van der Waals surface area contributed by atoms with Crippen LogP contribution in [-0.4, -0.2) is 17.4 Å². The molecule has 1 aliphatic carbocycles. The molecule has 0 unspecified atom stereocenters. The Labute approximate surface area is 215 Å². The van der Waals surface area contributed by atoms with Crippen LogP contribution in [0, 0.1) is 18.3 Å². The first-order valence-electron chi connectivity index (χ1n) is 11.1. The Hall–Kier alpha value is -3.22. The minimum absolute atomic E-state index is 0.0163. The third-order valence-electron chi connectivity index (χ3n) is 6.13. The van der Waals surface area contributed by atoms with Crippen LogP contribution < -0.4 is 10.6 Å². The zero-order valence-corrected chi connectivity index (χ0v) is 20.7. The summed E-state index contributed by atoms with van der Waals surface area (Å²) in [6, 6.07) is 12.1. The van der Waals surface area contributed by atoms with Gasteiger partial charge in [-0.3, -0.25) is 9.59 Å². The Morgan fingerprint density at radius 2 is 1.97 bits per heavy atom. The smallest absolute Gasteiger partial charge is 0.352 e. The summed E-state index contributed by atoms with van der Waals surface area (Å²) in [5.74, 6) is -1.93. The summed E-state index contributed by atoms with van der Waals surface area (Å²) in [6.07, 6.45) is -3.45. The zero-order chi connectivity index (χ0) is 26.0. The first-order chi connectivity index (χ1) is 17.1. The molecule has 1 heterocycles.